The lowest BCUT2D eigenvalue weighted by Crippen LogP contribution is -2.52. The molecule has 5 rings (SSSR count). The van der Waals surface area contributed by atoms with Gasteiger partial charge in [-0.1, -0.05) is 60.7 Å². The minimum atomic E-state index is -1.19. The number of anilines is 1. The van der Waals surface area contributed by atoms with E-state index in [1.807, 2.05) is 48.5 Å². The molecule has 2 N–H and O–H groups in total. The van der Waals surface area contributed by atoms with E-state index < -0.39 is 5.54 Å². The smallest absolute Gasteiger partial charge is 0.252 e. The summed E-state index contributed by atoms with van der Waals surface area (Å²) >= 11 is 1.44. The maximum absolute atomic E-state index is 13.2. The van der Waals surface area contributed by atoms with Gasteiger partial charge < -0.3 is 14.8 Å². The lowest BCUT2D eigenvalue weighted by molar-refractivity contribution is -0.120. The SMILES string of the molecule is CC(C)(NC(=O)c1ccc2c(c1)OCCO2)C(=O)Nc1nc(-c2ccccc2)c(Cc2ccccc2)s1. The van der Waals surface area contributed by atoms with Gasteiger partial charge in [0.25, 0.3) is 11.8 Å². The first-order chi connectivity index (χ1) is 17.9. The summed E-state index contributed by atoms with van der Waals surface area (Å²) in [6, 6.07) is 25.0. The number of amides is 2. The van der Waals surface area contributed by atoms with Crippen LogP contribution < -0.4 is 20.1 Å². The van der Waals surface area contributed by atoms with E-state index >= 15 is 0 Å². The number of ether oxygens (including phenoxy) is 2. The van der Waals surface area contributed by atoms with Crippen LogP contribution in [0.5, 0.6) is 11.5 Å². The fourth-order valence-electron chi connectivity index (χ4n) is 3.98. The quantitative estimate of drug-likeness (QED) is 0.349. The van der Waals surface area contributed by atoms with Crippen molar-refractivity contribution in [2.45, 2.75) is 25.8 Å². The molecule has 0 atom stereocenters. The molecule has 188 valence electrons. The van der Waals surface area contributed by atoms with Gasteiger partial charge in [-0.15, -0.1) is 11.3 Å². The molecule has 0 unspecified atom stereocenters. The number of carbonyl (C=O) groups is 2. The summed E-state index contributed by atoms with van der Waals surface area (Å²) in [4.78, 5) is 32.0. The summed E-state index contributed by atoms with van der Waals surface area (Å²) < 4.78 is 11.1. The Hall–Kier alpha value is -4.17. The standard InChI is InChI=1S/C29H27N3O4S/c1-29(2,32-26(33)21-13-14-22-23(18-21)36-16-15-35-22)27(34)31-28-30-25(20-11-7-4-8-12-20)24(37-28)17-19-9-5-3-6-10-19/h3-14,18H,15-17H2,1-2H3,(H,32,33)(H,30,31,34). The zero-order valence-corrected chi connectivity index (χ0v) is 21.4. The molecule has 0 aliphatic carbocycles. The monoisotopic (exact) mass is 513 g/mol. The highest BCUT2D eigenvalue weighted by Gasteiger charge is 2.31. The van der Waals surface area contributed by atoms with Crippen LogP contribution in [-0.2, 0) is 11.2 Å². The first-order valence-electron chi connectivity index (χ1n) is 12.0. The topological polar surface area (TPSA) is 89.5 Å². The Morgan fingerprint density at radius 3 is 2.32 bits per heavy atom. The second-order valence-electron chi connectivity index (χ2n) is 9.21. The summed E-state index contributed by atoms with van der Waals surface area (Å²) in [7, 11) is 0. The molecule has 3 aromatic carbocycles. The van der Waals surface area contributed by atoms with Crippen molar-refractivity contribution in [2.24, 2.45) is 0 Å². The molecule has 4 aromatic rings. The van der Waals surface area contributed by atoms with Crippen molar-refractivity contribution in [1.29, 1.82) is 0 Å². The fourth-order valence-corrected chi connectivity index (χ4v) is 4.99. The van der Waals surface area contributed by atoms with E-state index in [1.165, 1.54) is 11.3 Å². The number of carbonyl (C=O) groups excluding carboxylic acids is 2. The van der Waals surface area contributed by atoms with Crippen molar-refractivity contribution in [3.05, 3.63) is 94.9 Å². The largest absolute Gasteiger partial charge is 0.486 e. The number of nitrogens with one attached hydrogen (secondary N) is 2. The van der Waals surface area contributed by atoms with Gasteiger partial charge in [0.1, 0.15) is 18.8 Å². The summed E-state index contributed by atoms with van der Waals surface area (Å²) in [6.45, 7) is 4.22. The lowest BCUT2D eigenvalue weighted by Gasteiger charge is -2.25. The summed E-state index contributed by atoms with van der Waals surface area (Å²) in [5, 5.41) is 6.22. The second-order valence-corrected chi connectivity index (χ2v) is 10.3. The number of hydrogen-bond donors (Lipinski definition) is 2. The summed E-state index contributed by atoms with van der Waals surface area (Å²) in [5.41, 5.74) is 2.17. The average Bonchev–Trinajstić information content (AvgIpc) is 3.31. The summed E-state index contributed by atoms with van der Waals surface area (Å²) in [5.74, 6) is 0.372. The van der Waals surface area contributed by atoms with Crippen molar-refractivity contribution in [1.82, 2.24) is 10.3 Å². The van der Waals surface area contributed by atoms with Gasteiger partial charge in [-0.3, -0.25) is 14.9 Å². The van der Waals surface area contributed by atoms with Crippen LogP contribution in [0, 0.1) is 0 Å². The maximum Gasteiger partial charge on any atom is 0.252 e. The van der Waals surface area contributed by atoms with Gasteiger partial charge in [-0.05, 0) is 37.6 Å². The van der Waals surface area contributed by atoms with Gasteiger partial charge in [-0.2, -0.15) is 0 Å². The highest BCUT2D eigenvalue weighted by molar-refractivity contribution is 7.16. The molecule has 2 amide bonds. The third kappa shape index (κ3) is 5.65. The molecule has 0 bridgehead atoms. The molecule has 8 heteroatoms. The first-order valence-corrected chi connectivity index (χ1v) is 12.8. The normalized spacial score (nSPS) is 12.6. The Bertz CT molecular complexity index is 1420. The molecular weight excluding hydrogens is 486 g/mol. The van der Waals surface area contributed by atoms with E-state index in [0.717, 1.165) is 21.7 Å². The van der Waals surface area contributed by atoms with Gasteiger partial charge in [0.05, 0.1) is 5.69 Å². The third-order valence-corrected chi connectivity index (χ3v) is 6.94. The number of aromatic nitrogens is 1. The molecule has 0 saturated heterocycles. The van der Waals surface area contributed by atoms with Crippen molar-refractivity contribution in [3.63, 3.8) is 0 Å². The van der Waals surface area contributed by atoms with E-state index in [2.05, 4.69) is 22.8 Å². The van der Waals surface area contributed by atoms with Gasteiger partial charge in [0.2, 0.25) is 0 Å². The molecule has 0 saturated carbocycles. The molecule has 7 nitrogen and oxygen atoms in total. The van der Waals surface area contributed by atoms with Crippen LogP contribution in [0.15, 0.2) is 78.9 Å². The van der Waals surface area contributed by atoms with E-state index in [0.29, 0.717) is 41.8 Å². The Kier molecular flexibility index (Phi) is 6.92. The molecule has 1 aliphatic heterocycles. The van der Waals surface area contributed by atoms with Crippen LogP contribution in [0.4, 0.5) is 5.13 Å². The number of rotatable bonds is 7. The van der Waals surface area contributed by atoms with Crippen LogP contribution >= 0.6 is 11.3 Å². The Balaban J connectivity index is 1.33. The number of nitrogens with zero attached hydrogens (tertiary/aromatic N) is 1. The summed E-state index contributed by atoms with van der Waals surface area (Å²) in [6.07, 6.45) is 0.697. The molecule has 0 spiro atoms. The highest BCUT2D eigenvalue weighted by atomic mass is 32.1. The van der Waals surface area contributed by atoms with Crippen LogP contribution in [0.2, 0.25) is 0 Å². The van der Waals surface area contributed by atoms with E-state index in [-0.39, 0.29) is 11.8 Å². The average molecular weight is 514 g/mol. The van der Waals surface area contributed by atoms with Crippen LogP contribution in [-0.4, -0.2) is 35.6 Å². The van der Waals surface area contributed by atoms with Crippen LogP contribution in [0.25, 0.3) is 11.3 Å². The number of benzene rings is 3. The van der Waals surface area contributed by atoms with Gasteiger partial charge in [0, 0.05) is 22.4 Å². The minimum absolute atomic E-state index is 0.363. The Morgan fingerprint density at radius 1 is 0.919 bits per heavy atom. The van der Waals surface area contributed by atoms with Crippen LogP contribution in [0.3, 0.4) is 0 Å². The van der Waals surface area contributed by atoms with Crippen LogP contribution in [0.1, 0.15) is 34.6 Å². The first kappa shape index (κ1) is 24.5. The van der Waals surface area contributed by atoms with Crippen molar-refractivity contribution in [3.8, 4) is 22.8 Å². The lowest BCUT2D eigenvalue weighted by atomic mass is 10.0. The Morgan fingerprint density at radius 2 is 1.59 bits per heavy atom. The molecule has 37 heavy (non-hydrogen) atoms. The predicted molar refractivity (Wildman–Crippen MR) is 144 cm³/mol. The van der Waals surface area contributed by atoms with Gasteiger partial charge in [0.15, 0.2) is 16.6 Å². The number of fused-ring (bicyclic) bond motifs is 1. The minimum Gasteiger partial charge on any atom is -0.486 e. The second kappa shape index (κ2) is 10.4. The van der Waals surface area contributed by atoms with Crippen molar-refractivity contribution in [2.75, 3.05) is 18.5 Å². The van der Waals surface area contributed by atoms with Gasteiger partial charge in [-0.25, -0.2) is 4.98 Å². The molecule has 2 heterocycles. The maximum atomic E-state index is 13.2. The highest BCUT2D eigenvalue weighted by Crippen LogP contribution is 2.34. The number of thiazole rings is 1. The van der Waals surface area contributed by atoms with E-state index in [4.69, 9.17) is 14.5 Å². The third-order valence-electron chi connectivity index (χ3n) is 5.97. The zero-order chi connectivity index (χ0) is 25.8. The molecule has 1 aliphatic rings. The predicted octanol–water partition coefficient (Wildman–Crippen LogP) is 5.32. The molecule has 0 fully saturated rings. The molecule has 1 aromatic heterocycles. The van der Waals surface area contributed by atoms with E-state index in [9.17, 15) is 9.59 Å². The van der Waals surface area contributed by atoms with Crippen molar-refractivity contribution >= 4 is 28.3 Å². The fraction of sp³-hybridized carbons (Fsp3) is 0.207. The Labute approximate surface area is 219 Å². The van der Waals surface area contributed by atoms with E-state index in [1.54, 1.807) is 32.0 Å². The van der Waals surface area contributed by atoms with Gasteiger partial charge >= 0.3 is 0 Å². The molecule has 0 radical (unpaired) electrons. The van der Waals surface area contributed by atoms with Crippen molar-refractivity contribution < 1.29 is 19.1 Å². The zero-order valence-electron chi connectivity index (χ0n) is 20.6. The number of hydrogen-bond acceptors (Lipinski definition) is 6. The molecular formula is C29H27N3O4S.